The third-order valence-electron chi connectivity index (χ3n) is 1.44. The lowest BCUT2D eigenvalue weighted by Crippen LogP contribution is -2.30. The monoisotopic (exact) mass is 222 g/mol. The quantitative estimate of drug-likeness (QED) is 0.746. The topological polar surface area (TPSA) is 37.3 Å². The standard InChI is InChI=1S/C8H15BrO2/c1-7(2,6(10)11)5-8(3,4)9/h5H2,1-4H3,(H,10,11). The first kappa shape index (κ1) is 11.0. The Bertz CT molecular complexity index is 156. The predicted octanol–water partition coefficient (Wildman–Crippen LogP) is 2.66. The van der Waals surface area contributed by atoms with Crippen LogP contribution in [0.5, 0.6) is 0 Å². The molecule has 0 aliphatic rings. The van der Waals surface area contributed by atoms with Gasteiger partial charge in [0, 0.05) is 4.32 Å². The molecule has 0 rings (SSSR count). The van der Waals surface area contributed by atoms with Crippen molar-refractivity contribution in [3.05, 3.63) is 0 Å². The van der Waals surface area contributed by atoms with E-state index in [1.807, 2.05) is 13.8 Å². The van der Waals surface area contributed by atoms with E-state index in [0.29, 0.717) is 6.42 Å². The molecule has 0 bridgehead atoms. The first-order valence-electron chi connectivity index (χ1n) is 3.57. The molecule has 1 N–H and O–H groups in total. The van der Waals surface area contributed by atoms with Crippen molar-refractivity contribution in [2.75, 3.05) is 0 Å². The average molecular weight is 223 g/mol. The number of carbonyl (C=O) groups is 1. The van der Waals surface area contributed by atoms with Crippen LogP contribution < -0.4 is 0 Å². The van der Waals surface area contributed by atoms with Crippen LogP contribution in [-0.4, -0.2) is 15.4 Å². The Kier molecular flexibility index (Phi) is 3.12. The van der Waals surface area contributed by atoms with Gasteiger partial charge in [-0.25, -0.2) is 0 Å². The van der Waals surface area contributed by atoms with Gasteiger partial charge in [-0.15, -0.1) is 0 Å². The minimum absolute atomic E-state index is 0.102. The van der Waals surface area contributed by atoms with Crippen molar-refractivity contribution < 1.29 is 9.90 Å². The van der Waals surface area contributed by atoms with Gasteiger partial charge in [0.2, 0.25) is 0 Å². The van der Waals surface area contributed by atoms with E-state index in [1.165, 1.54) is 0 Å². The zero-order valence-electron chi connectivity index (χ0n) is 7.44. The van der Waals surface area contributed by atoms with Crippen LogP contribution >= 0.6 is 15.9 Å². The Morgan fingerprint density at radius 2 is 1.73 bits per heavy atom. The average Bonchev–Trinajstić information content (AvgIpc) is 1.56. The molecule has 0 atom stereocenters. The Morgan fingerprint density at radius 3 is 1.82 bits per heavy atom. The molecule has 66 valence electrons. The van der Waals surface area contributed by atoms with E-state index in [2.05, 4.69) is 15.9 Å². The van der Waals surface area contributed by atoms with Crippen LogP contribution in [0.3, 0.4) is 0 Å². The molecule has 0 unspecified atom stereocenters. The summed E-state index contributed by atoms with van der Waals surface area (Å²) in [5.74, 6) is -0.745. The highest BCUT2D eigenvalue weighted by atomic mass is 79.9. The molecule has 0 radical (unpaired) electrons. The SMILES string of the molecule is CC(C)(Br)CC(C)(C)C(=O)O. The molecule has 0 saturated heterocycles. The molecule has 0 aliphatic carbocycles. The zero-order chi connectivity index (χ0) is 9.28. The Balaban J connectivity index is 4.25. The molecular weight excluding hydrogens is 208 g/mol. The molecule has 11 heavy (non-hydrogen) atoms. The molecule has 0 heterocycles. The van der Waals surface area contributed by atoms with E-state index in [0.717, 1.165) is 0 Å². The van der Waals surface area contributed by atoms with Gasteiger partial charge in [0.15, 0.2) is 0 Å². The van der Waals surface area contributed by atoms with Gasteiger partial charge in [0.1, 0.15) is 0 Å². The third-order valence-corrected chi connectivity index (χ3v) is 1.72. The number of alkyl halides is 1. The number of rotatable bonds is 3. The van der Waals surface area contributed by atoms with Gasteiger partial charge in [-0.2, -0.15) is 0 Å². The van der Waals surface area contributed by atoms with Gasteiger partial charge >= 0.3 is 5.97 Å². The van der Waals surface area contributed by atoms with Crippen molar-refractivity contribution in [1.82, 2.24) is 0 Å². The molecule has 0 aromatic carbocycles. The van der Waals surface area contributed by atoms with Gasteiger partial charge in [-0.3, -0.25) is 4.79 Å². The Hall–Kier alpha value is -0.0500. The molecule has 0 aliphatic heterocycles. The Labute approximate surface area is 76.1 Å². The Morgan fingerprint density at radius 1 is 1.36 bits per heavy atom. The highest BCUT2D eigenvalue weighted by molar-refractivity contribution is 9.10. The maximum Gasteiger partial charge on any atom is 0.309 e. The fourth-order valence-electron chi connectivity index (χ4n) is 1.13. The minimum atomic E-state index is -0.745. The summed E-state index contributed by atoms with van der Waals surface area (Å²) in [6, 6.07) is 0. The summed E-state index contributed by atoms with van der Waals surface area (Å²) in [5, 5.41) is 8.78. The second-order valence-electron chi connectivity index (χ2n) is 4.08. The molecule has 0 aromatic heterocycles. The summed E-state index contributed by atoms with van der Waals surface area (Å²) in [7, 11) is 0. The lowest BCUT2D eigenvalue weighted by molar-refractivity contribution is -0.147. The summed E-state index contributed by atoms with van der Waals surface area (Å²) in [6.45, 7) is 7.41. The minimum Gasteiger partial charge on any atom is -0.481 e. The fraction of sp³-hybridized carbons (Fsp3) is 0.875. The fourth-order valence-corrected chi connectivity index (χ4v) is 1.83. The summed E-state index contributed by atoms with van der Waals surface area (Å²) in [5.41, 5.74) is -0.646. The van der Waals surface area contributed by atoms with Crippen LogP contribution in [0.4, 0.5) is 0 Å². The molecule has 0 spiro atoms. The zero-order valence-corrected chi connectivity index (χ0v) is 9.03. The lowest BCUT2D eigenvalue weighted by atomic mass is 9.84. The second-order valence-corrected chi connectivity index (χ2v) is 6.23. The number of hydrogen-bond donors (Lipinski definition) is 1. The molecule has 0 aromatic rings. The largest absolute Gasteiger partial charge is 0.481 e. The number of hydrogen-bond acceptors (Lipinski definition) is 1. The van der Waals surface area contributed by atoms with Gasteiger partial charge in [-0.1, -0.05) is 29.8 Å². The van der Waals surface area contributed by atoms with Crippen LogP contribution in [0.25, 0.3) is 0 Å². The summed E-state index contributed by atoms with van der Waals surface area (Å²) >= 11 is 3.42. The maximum atomic E-state index is 10.7. The van der Waals surface area contributed by atoms with Gasteiger partial charge in [0.25, 0.3) is 0 Å². The molecule has 3 heteroatoms. The lowest BCUT2D eigenvalue weighted by Gasteiger charge is -2.26. The van der Waals surface area contributed by atoms with Crippen LogP contribution in [0.1, 0.15) is 34.1 Å². The van der Waals surface area contributed by atoms with Crippen LogP contribution in [-0.2, 0) is 4.79 Å². The number of carboxylic acids is 1. The number of halogens is 1. The first-order valence-corrected chi connectivity index (χ1v) is 4.37. The molecular formula is C8H15BrO2. The van der Waals surface area contributed by atoms with E-state index in [9.17, 15) is 4.79 Å². The van der Waals surface area contributed by atoms with Crippen molar-refractivity contribution in [3.8, 4) is 0 Å². The second kappa shape index (κ2) is 3.13. The molecule has 0 fully saturated rings. The highest BCUT2D eigenvalue weighted by Crippen LogP contribution is 2.33. The van der Waals surface area contributed by atoms with E-state index in [1.54, 1.807) is 13.8 Å². The van der Waals surface area contributed by atoms with Crippen molar-refractivity contribution in [3.63, 3.8) is 0 Å². The van der Waals surface area contributed by atoms with Crippen molar-refractivity contribution in [1.29, 1.82) is 0 Å². The summed E-state index contributed by atoms with van der Waals surface area (Å²) in [6.07, 6.45) is 0.620. The van der Waals surface area contributed by atoms with Gasteiger partial charge in [-0.05, 0) is 20.3 Å². The van der Waals surface area contributed by atoms with E-state index in [-0.39, 0.29) is 4.32 Å². The van der Waals surface area contributed by atoms with Crippen molar-refractivity contribution >= 4 is 21.9 Å². The number of aliphatic carboxylic acids is 1. The van der Waals surface area contributed by atoms with Crippen molar-refractivity contribution in [2.45, 2.75) is 38.4 Å². The van der Waals surface area contributed by atoms with Crippen LogP contribution in [0.2, 0.25) is 0 Å². The predicted molar refractivity (Wildman–Crippen MR) is 49.0 cm³/mol. The summed E-state index contributed by atoms with van der Waals surface area (Å²) < 4.78 is -0.102. The number of carboxylic acid groups (broad SMARTS) is 1. The van der Waals surface area contributed by atoms with Crippen molar-refractivity contribution in [2.24, 2.45) is 5.41 Å². The van der Waals surface area contributed by atoms with Gasteiger partial charge in [0.05, 0.1) is 5.41 Å². The summed E-state index contributed by atoms with van der Waals surface area (Å²) in [4.78, 5) is 10.7. The van der Waals surface area contributed by atoms with E-state index in [4.69, 9.17) is 5.11 Å². The van der Waals surface area contributed by atoms with Crippen LogP contribution in [0.15, 0.2) is 0 Å². The molecule has 0 saturated carbocycles. The maximum absolute atomic E-state index is 10.7. The first-order chi connectivity index (χ1) is 4.65. The third kappa shape index (κ3) is 4.40. The molecule has 2 nitrogen and oxygen atoms in total. The molecule has 0 amide bonds. The van der Waals surface area contributed by atoms with E-state index < -0.39 is 11.4 Å². The smallest absolute Gasteiger partial charge is 0.309 e. The highest BCUT2D eigenvalue weighted by Gasteiger charge is 2.32. The normalized spacial score (nSPS) is 13.2. The van der Waals surface area contributed by atoms with Gasteiger partial charge < -0.3 is 5.11 Å². The van der Waals surface area contributed by atoms with E-state index >= 15 is 0 Å². The van der Waals surface area contributed by atoms with Crippen LogP contribution in [0, 0.1) is 5.41 Å².